The number of rotatable bonds is 12. The van der Waals surface area contributed by atoms with Gasteiger partial charge in [0.25, 0.3) is 0 Å². The molecule has 0 aromatic rings. The van der Waals surface area contributed by atoms with Gasteiger partial charge in [-0.3, -0.25) is 19.1 Å². The van der Waals surface area contributed by atoms with Crippen LogP contribution in [-0.2, 0) is 18.3 Å². The second kappa shape index (κ2) is 11.1. The van der Waals surface area contributed by atoms with Crippen molar-refractivity contribution in [2.45, 2.75) is 19.3 Å². The molecule has 0 saturated heterocycles. The molecular weight excluding hydrogens is 388 g/mol. The van der Waals surface area contributed by atoms with Crippen molar-refractivity contribution in [3.63, 3.8) is 0 Å². The predicted molar refractivity (Wildman–Crippen MR) is 94.8 cm³/mol. The molecule has 0 unspecified atom stereocenters. The summed E-state index contributed by atoms with van der Waals surface area (Å²) in [5.74, 6) is 0.0881. The van der Waals surface area contributed by atoms with Crippen molar-refractivity contribution in [3.8, 4) is 0 Å². The monoisotopic (exact) mass is 408 g/mol. The van der Waals surface area contributed by atoms with Gasteiger partial charge < -0.3 is 11.5 Å². The third kappa shape index (κ3) is 17.6. The first kappa shape index (κ1) is 22.5. The van der Waals surface area contributed by atoms with E-state index >= 15 is 0 Å². The lowest BCUT2D eigenvalue weighted by Gasteiger charge is -2.01. The van der Waals surface area contributed by atoms with E-state index in [1.807, 2.05) is 0 Å². The van der Waals surface area contributed by atoms with Crippen molar-refractivity contribution in [2.75, 3.05) is 24.6 Å². The van der Waals surface area contributed by atoms with Gasteiger partial charge >= 0.3 is 18.3 Å². The molecular formula is C9H20N4O6S4. The van der Waals surface area contributed by atoms with E-state index in [0.717, 1.165) is 6.42 Å². The van der Waals surface area contributed by atoms with Crippen LogP contribution in [0.1, 0.15) is 19.3 Å². The second-order valence-electron chi connectivity index (χ2n) is 4.19. The van der Waals surface area contributed by atoms with Crippen LogP contribution >= 0.6 is 21.6 Å². The summed E-state index contributed by atoms with van der Waals surface area (Å²) in [4.78, 5) is 7.91. The largest absolute Gasteiger partial charge is 0.387 e. The SMILES string of the molecule is NC(CSS(=O)(=O)O)=NCCCCCN=C(N)CSS(=O)(=O)O. The van der Waals surface area contributed by atoms with Crippen LogP contribution < -0.4 is 11.5 Å². The highest BCUT2D eigenvalue weighted by molar-refractivity contribution is 8.70. The fourth-order valence-electron chi connectivity index (χ4n) is 1.21. The van der Waals surface area contributed by atoms with E-state index in [1.54, 1.807) is 0 Å². The van der Waals surface area contributed by atoms with Crippen molar-refractivity contribution in [1.82, 2.24) is 0 Å². The molecule has 6 N–H and O–H groups in total. The molecule has 10 nitrogen and oxygen atoms in total. The van der Waals surface area contributed by atoms with Crippen LogP contribution in [0.25, 0.3) is 0 Å². The summed E-state index contributed by atoms with van der Waals surface area (Å²) < 4.78 is 58.9. The van der Waals surface area contributed by atoms with E-state index in [1.165, 1.54) is 0 Å². The van der Waals surface area contributed by atoms with Gasteiger partial charge in [0.2, 0.25) is 0 Å². The van der Waals surface area contributed by atoms with Gasteiger partial charge in [0.1, 0.15) is 11.7 Å². The number of unbranched alkanes of at least 4 members (excludes halogenated alkanes) is 2. The summed E-state index contributed by atoms with van der Waals surface area (Å²) in [5.41, 5.74) is 10.9. The van der Waals surface area contributed by atoms with Gasteiger partial charge in [-0.2, -0.15) is 16.8 Å². The van der Waals surface area contributed by atoms with E-state index < -0.39 is 18.3 Å². The fourth-order valence-corrected chi connectivity index (χ4v) is 3.55. The summed E-state index contributed by atoms with van der Waals surface area (Å²) in [6, 6.07) is 0. The highest BCUT2D eigenvalue weighted by atomic mass is 33.2. The first-order valence-corrected chi connectivity index (χ1v) is 12.2. The summed E-state index contributed by atoms with van der Waals surface area (Å²) in [5, 5.41) is 0. The van der Waals surface area contributed by atoms with E-state index in [2.05, 4.69) is 9.98 Å². The van der Waals surface area contributed by atoms with Crippen LogP contribution in [0.15, 0.2) is 9.98 Å². The zero-order valence-corrected chi connectivity index (χ0v) is 15.4. The Morgan fingerprint density at radius 1 is 0.783 bits per heavy atom. The molecule has 0 saturated carbocycles. The standard InChI is InChI=1S/C9H20N4O6S4/c10-8(6-20-22(14,15)16)12-4-2-1-3-5-13-9(11)7-21-23(17,18)19/h1-7H2,(H2,10,12)(H2,11,13)(H,14,15,16)(H,17,18,19). The average Bonchev–Trinajstić information content (AvgIpc) is 2.40. The van der Waals surface area contributed by atoms with Gasteiger partial charge in [0, 0.05) is 34.7 Å². The molecule has 0 aromatic heterocycles. The van der Waals surface area contributed by atoms with Gasteiger partial charge in [-0.15, -0.1) is 0 Å². The summed E-state index contributed by atoms with van der Waals surface area (Å²) in [6.45, 7) is 0.853. The lowest BCUT2D eigenvalue weighted by Crippen LogP contribution is -2.17. The number of nitrogens with two attached hydrogens (primary N) is 2. The summed E-state index contributed by atoms with van der Waals surface area (Å²) in [7, 11) is -7.62. The van der Waals surface area contributed by atoms with E-state index in [9.17, 15) is 16.8 Å². The minimum absolute atomic E-state index is 0.0922. The zero-order chi connectivity index (χ0) is 17.9. The topological polar surface area (TPSA) is 185 Å². The molecule has 0 rings (SSSR count). The fraction of sp³-hybridized carbons (Fsp3) is 0.778. The number of nitrogens with zero attached hydrogens (tertiary/aromatic N) is 2. The Bertz CT molecular complexity index is 562. The van der Waals surface area contributed by atoms with Crippen LogP contribution in [0, 0.1) is 0 Å². The van der Waals surface area contributed by atoms with Crippen LogP contribution in [0.2, 0.25) is 0 Å². The Morgan fingerprint density at radius 3 is 1.43 bits per heavy atom. The maximum absolute atomic E-state index is 10.5. The molecule has 136 valence electrons. The van der Waals surface area contributed by atoms with Crippen molar-refractivity contribution < 1.29 is 25.9 Å². The molecule has 0 bridgehead atoms. The van der Waals surface area contributed by atoms with Gasteiger partial charge in [-0.1, -0.05) is 0 Å². The smallest absolute Gasteiger partial charge is 0.320 e. The first-order chi connectivity index (χ1) is 10.5. The Labute approximate surface area is 142 Å². The molecule has 0 aliphatic rings. The number of hydrogen-bond donors (Lipinski definition) is 4. The van der Waals surface area contributed by atoms with Crippen LogP contribution in [0.4, 0.5) is 0 Å². The van der Waals surface area contributed by atoms with E-state index in [0.29, 0.717) is 47.5 Å². The van der Waals surface area contributed by atoms with E-state index in [4.69, 9.17) is 20.6 Å². The van der Waals surface area contributed by atoms with Crippen molar-refractivity contribution in [1.29, 1.82) is 0 Å². The summed E-state index contributed by atoms with van der Waals surface area (Å²) in [6.07, 6.45) is 2.21. The Hall–Kier alpha value is -0.540. The number of hydrogen-bond acceptors (Lipinski definition) is 8. The lowest BCUT2D eigenvalue weighted by molar-refractivity contribution is 0.501. The zero-order valence-electron chi connectivity index (χ0n) is 12.2. The predicted octanol–water partition coefficient (Wildman–Crippen LogP) is -0.0569. The molecule has 0 aliphatic carbocycles. The first-order valence-electron chi connectivity index (χ1n) is 6.31. The third-order valence-electron chi connectivity index (χ3n) is 2.16. The van der Waals surface area contributed by atoms with Gasteiger partial charge in [0.15, 0.2) is 0 Å². The minimum Gasteiger partial charge on any atom is -0.387 e. The highest BCUT2D eigenvalue weighted by Crippen LogP contribution is 2.09. The Balaban J connectivity index is 3.76. The van der Waals surface area contributed by atoms with Crippen LogP contribution in [0.5, 0.6) is 0 Å². The van der Waals surface area contributed by atoms with Crippen molar-refractivity contribution >= 4 is 51.6 Å². The normalized spacial score (nSPS) is 14.2. The average molecular weight is 409 g/mol. The lowest BCUT2D eigenvalue weighted by atomic mass is 10.2. The van der Waals surface area contributed by atoms with Crippen LogP contribution in [-0.4, -0.2) is 62.2 Å². The van der Waals surface area contributed by atoms with Gasteiger partial charge in [-0.05, 0) is 19.3 Å². The molecule has 0 fully saturated rings. The molecule has 0 amide bonds. The molecule has 23 heavy (non-hydrogen) atoms. The quantitative estimate of drug-likeness (QED) is 0.112. The molecule has 0 heterocycles. The van der Waals surface area contributed by atoms with Gasteiger partial charge in [-0.25, -0.2) is 0 Å². The molecule has 14 heteroatoms. The second-order valence-corrected chi connectivity index (χ2v) is 10.9. The Kier molecular flexibility index (Phi) is 10.8. The molecule has 0 atom stereocenters. The minimum atomic E-state index is -4.11. The van der Waals surface area contributed by atoms with Crippen LogP contribution in [0.3, 0.4) is 0 Å². The highest BCUT2D eigenvalue weighted by Gasteiger charge is 2.07. The summed E-state index contributed by atoms with van der Waals surface area (Å²) >= 11 is 0. The number of aliphatic imine (C=N–C) groups is 2. The maximum atomic E-state index is 10.5. The molecule has 0 aromatic carbocycles. The molecule has 0 aliphatic heterocycles. The Morgan fingerprint density at radius 2 is 1.13 bits per heavy atom. The van der Waals surface area contributed by atoms with Gasteiger partial charge in [0.05, 0.1) is 11.5 Å². The van der Waals surface area contributed by atoms with Crippen molar-refractivity contribution in [3.05, 3.63) is 0 Å². The van der Waals surface area contributed by atoms with E-state index in [-0.39, 0.29) is 23.2 Å². The third-order valence-corrected chi connectivity index (χ3v) is 6.07. The molecule has 0 spiro atoms. The molecule has 0 radical (unpaired) electrons. The van der Waals surface area contributed by atoms with Crippen molar-refractivity contribution in [2.24, 2.45) is 21.5 Å². The number of amidine groups is 2. The maximum Gasteiger partial charge on any atom is 0.320 e.